The van der Waals surface area contributed by atoms with Crippen LogP contribution in [0.2, 0.25) is 0 Å². The molecule has 0 spiro atoms. The summed E-state index contributed by atoms with van der Waals surface area (Å²) in [7, 11) is 0. The monoisotopic (exact) mass is 338 g/mol. The highest BCUT2D eigenvalue weighted by molar-refractivity contribution is 9.10. The molecule has 0 atom stereocenters. The average Bonchev–Trinajstić information content (AvgIpc) is 2.87. The molecule has 0 unspecified atom stereocenters. The molecule has 4 nitrogen and oxygen atoms in total. The molecule has 0 aromatic carbocycles. The first-order valence-corrected chi connectivity index (χ1v) is 8.02. The highest BCUT2D eigenvalue weighted by atomic mass is 79.9. The van der Waals surface area contributed by atoms with Crippen LogP contribution in [0.3, 0.4) is 0 Å². The quantitative estimate of drug-likeness (QED) is 0.902. The minimum atomic E-state index is 0.489. The van der Waals surface area contributed by atoms with Gasteiger partial charge in [0.25, 0.3) is 0 Å². The van der Waals surface area contributed by atoms with Crippen molar-refractivity contribution < 1.29 is 0 Å². The first kappa shape index (κ1) is 13.0. The normalized spacial score (nSPS) is 16.5. The van der Waals surface area contributed by atoms with Gasteiger partial charge in [-0.15, -0.1) is 11.3 Å². The number of aromatic nitrogens is 2. The summed E-state index contributed by atoms with van der Waals surface area (Å²) in [6.45, 7) is 2.14. The van der Waals surface area contributed by atoms with Crippen LogP contribution in [-0.4, -0.2) is 29.1 Å². The highest BCUT2D eigenvalue weighted by Crippen LogP contribution is 2.29. The van der Waals surface area contributed by atoms with Crippen molar-refractivity contribution in [2.45, 2.75) is 18.9 Å². The highest BCUT2D eigenvalue weighted by Gasteiger charge is 2.13. The molecule has 0 bridgehead atoms. The van der Waals surface area contributed by atoms with E-state index < -0.39 is 0 Å². The van der Waals surface area contributed by atoms with Gasteiger partial charge in [0.2, 0.25) is 5.95 Å². The van der Waals surface area contributed by atoms with E-state index in [4.69, 9.17) is 0 Å². The maximum absolute atomic E-state index is 4.41. The van der Waals surface area contributed by atoms with Gasteiger partial charge in [0.1, 0.15) is 0 Å². The Morgan fingerprint density at radius 1 is 1.26 bits per heavy atom. The summed E-state index contributed by atoms with van der Waals surface area (Å²) in [5.41, 5.74) is 1.06. The number of nitrogens with one attached hydrogen (secondary N) is 2. The molecule has 3 rings (SSSR count). The summed E-state index contributed by atoms with van der Waals surface area (Å²) < 4.78 is 1.10. The van der Waals surface area contributed by atoms with Crippen LogP contribution >= 0.6 is 27.3 Å². The third-order valence-electron chi connectivity index (χ3n) is 3.18. The second-order valence-corrected chi connectivity index (χ2v) is 6.42. The number of hydrogen-bond donors (Lipinski definition) is 2. The van der Waals surface area contributed by atoms with Crippen LogP contribution in [0, 0.1) is 0 Å². The van der Waals surface area contributed by atoms with Crippen molar-refractivity contribution in [1.29, 1.82) is 0 Å². The van der Waals surface area contributed by atoms with E-state index in [2.05, 4.69) is 48.0 Å². The number of anilines is 1. The lowest BCUT2D eigenvalue weighted by Gasteiger charge is -2.23. The number of thiophene rings is 1. The van der Waals surface area contributed by atoms with Crippen molar-refractivity contribution in [3.8, 4) is 10.4 Å². The topological polar surface area (TPSA) is 49.8 Å². The summed E-state index contributed by atoms with van der Waals surface area (Å²) in [6.07, 6.45) is 6.02. The molecule has 3 heterocycles. The van der Waals surface area contributed by atoms with E-state index in [9.17, 15) is 0 Å². The molecule has 6 heteroatoms. The Balaban J connectivity index is 1.68. The van der Waals surface area contributed by atoms with Crippen LogP contribution in [-0.2, 0) is 0 Å². The zero-order valence-electron chi connectivity index (χ0n) is 10.4. The molecule has 1 aliphatic rings. The molecule has 100 valence electrons. The van der Waals surface area contributed by atoms with Crippen molar-refractivity contribution in [2.24, 2.45) is 0 Å². The summed E-state index contributed by atoms with van der Waals surface area (Å²) in [4.78, 5) is 10.00. The van der Waals surface area contributed by atoms with E-state index in [0.29, 0.717) is 6.04 Å². The van der Waals surface area contributed by atoms with Crippen molar-refractivity contribution in [1.82, 2.24) is 15.3 Å². The molecule has 2 aromatic heterocycles. The first-order valence-electron chi connectivity index (χ1n) is 6.35. The van der Waals surface area contributed by atoms with Gasteiger partial charge < -0.3 is 10.6 Å². The van der Waals surface area contributed by atoms with Crippen molar-refractivity contribution >= 4 is 33.2 Å². The largest absolute Gasteiger partial charge is 0.351 e. The zero-order chi connectivity index (χ0) is 13.1. The van der Waals surface area contributed by atoms with Crippen LogP contribution < -0.4 is 10.6 Å². The van der Waals surface area contributed by atoms with Gasteiger partial charge in [-0.3, -0.25) is 0 Å². The maximum atomic E-state index is 4.41. The van der Waals surface area contributed by atoms with Crippen LogP contribution in [0.25, 0.3) is 10.4 Å². The standard InChI is InChI=1S/C13H15BrN4S/c14-10-5-12(19-8-10)9-6-16-13(17-7-9)18-11-1-3-15-4-2-11/h5-8,11,15H,1-4H2,(H,16,17,18). The molecule has 2 N–H and O–H groups in total. The van der Waals surface area contributed by atoms with Gasteiger partial charge in [-0.2, -0.15) is 0 Å². The number of hydrogen-bond acceptors (Lipinski definition) is 5. The molecule has 19 heavy (non-hydrogen) atoms. The predicted octanol–water partition coefficient (Wildman–Crippen LogP) is 3.13. The number of nitrogens with zero attached hydrogens (tertiary/aromatic N) is 2. The van der Waals surface area contributed by atoms with Gasteiger partial charge in [0.15, 0.2) is 0 Å². The predicted molar refractivity (Wildman–Crippen MR) is 82.6 cm³/mol. The van der Waals surface area contributed by atoms with Crippen LogP contribution in [0.4, 0.5) is 5.95 Å². The first-order chi connectivity index (χ1) is 9.31. The van der Waals surface area contributed by atoms with Crippen LogP contribution in [0.15, 0.2) is 28.3 Å². The van der Waals surface area contributed by atoms with Gasteiger partial charge in [-0.05, 0) is 47.9 Å². The smallest absolute Gasteiger partial charge is 0.222 e. The molecule has 0 amide bonds. The SMILES string of the molecule is Brc1csc(-c2cnc(NC3CCNCC3)nc2)c1. The average molecular weight is 339 g/mol. The van der Waals surface area contributed by atoms with E-state index >= 15 is 0 Å². The Morgan fingerprint density at radius 3 is 2.63 bits per heavy atom. The molecular formula is C13H15BrN4S. The maximum Gasteiger partial charge on any atom is 0.222 e. The summed E-state index contributed by atoms with van der Waals surface area (Å²) in [6, 6.07) is 2.58. The van der Waals surface area contributed by atoms with Crippen molar-refractivity contribution in [2.75, 3.05) is 18.4 Å². The van der Waals surface area contributed by atoms with Gasteiger partial charge in [-0.25, -0.2) is 9.97 Å². The van der Waals surface area contributed by atoms with Gasteiger partial charge >= 0.3 is 0 Å². The van der Waals surface area contributed by atoms with E-state index in [1.165, 1.54) is 4.88 Å². The Labute approximate surface area is 124 Å². The molecule has 2 aromatic rings. The minimum Gasteiger partial charge on any atom is -0.351 e. The minimum absolute atomic E-state index is 0.489. The van der Waals surface area contributed by atoms with E-state index in [0.717, 1.165) is 41.9 Å². The Morgan fingerprint density at radius 2 is 2.00 bits per heavy atom. The van der Waals surface area contributed by atoms with E-state index in [1.807, 2.05) is 12.4 Å². The second-order valence-electron chi connectivity index (χ2n) is 4.59. The third-order valence-corrected chi connectivity index (χ3v) is 4.92. The third kappa shape index (κ3) is 3.32. The second kappa shape index (κ2) is 5.98. The fourth-order valence-corrected chi connectivity index (χ4v) is 3.55. The van der Waals surface area contributed by atoms with E-state index in [1.54, 1.807) is 11.3 Å². The summed E-state index contributed by atoms with van der Waals surface area (Å²) in [5.74, 6) is 0.728. The molecule has 1 aliphatic heterocycles. The number of piperidine rings is 1. The van der Waals surface area contributed by atoms with Crippen LogP contribution in [0.5, 0.6) is 0 Å². The van der Waals surface area contributed by atoms with Crippen molar-refractivity contribution in [3.63, 3.8) is 0 Å². The van der Waals surface area contributed by atoms with Gasteiger partial charge in [0.05, 0.1) is 0 Å². The molecular weight excluding hydrogens is 324 g/mol. The molecule has 0 saturated carbocycles. The van der Waals surface area contributed by atoms with Crippen LogP contribution in [0.1, 0.15) is 12.8 Å². The Bertz CT molecular complexity index is 534. The Kier molecular flexibility index (Phi) is 4.10. The molecule has 0 radical (unpaired) electrons. The number of halogens is 1. The lowest BCUT2D eigenvalue weighted by molar-refractivity contribution is 0.477. The lowest BCUT2D eigenvalue weighted by atomic mass is 10.1. The molecule has 1 fully saturated rings. The van der Waals surface area contributed by atoms with Crippen molar-refractivity contribution in [3.05, 3.63) is 28.3 Å². The lowest BCUT2D eigenvalue weighted by Crippen LogP contribution is -2.35. The Hall–Kier alpha value is -0.980. The molecule has 1 saturated heterocycles. The number of rotatable bonds is 3. The summed E-state index contributed by atoms with van der Waals surface area (Å²) >= 11 is 5.15. The fourth-order valence-electron chi connectivity index (χ4n) is 2.14. The van der Waals surface area contributed by atoms with Gasteiger partial charge in [-0.1, -0.05) is 0 Å². The fraction of sp³-hybridized carbons (Fsp3) is 0.385. The molecule has 0 aliphatic carbocycles. The van der Waals surface area contributed by atoms with Gasteiger partial charge in [0, 0.05) is 38.7 Å². The summed E-state index contributed by atoms with van der Waals surface area (Å²) in [5, 5.41) is 8.81. The van der Waals surface area contributed by atoms with E-state index in [-0.39, 0.29) is 0 Å². The zero-order valence-corrected chi connectivity index (χ0v) is 12.8.